The Kier molecular flexibility index (Phi) is 6.23. The molecule has 0 aliphatic rings. The molecule has 0 spiro atoms. The number of halogens is 2. The number of hydrogen-bond donors (Lipinski definition) is 2. The first-order valence-corrected chi connectivity index (χ1v) is 10.9. The van der Waals surface area contributed by atoms with Gasteiger partial charge in [0, 0.05) is 34.7 Å². The van der Waals surface area contributed by atoms with E-state index >= 15 is 0 Å². The lowest BCUT2D eigenvalue weighted by atomic mass is 10.2. The van der Waals surface area contributed by atoms with Crippen LogP contribution in [0.2, 0.25) is 5.02 Å². The number of benzene rings is 3. The van der Waals surface area contributed by atoms with Gasteiger partial charge in [0.05, 0.1) is 6.33 Å². The van der Waals surface area contributed by atoms with Crippen LogP contribution < -0.4 is 10.6 Å². The summed E-state index contributed by atoms with van der Waals surface area (Å²) in [6, 6.07) is 19.9. The predicted octanol–water partition coefficient (Wildman–Crippen LogP) is 6.08. The summed E-state index contributed by atoms with van der Waals surface area (Å²) in [6.07, 6.45) is 3.45. The number of nitrogens with one attached hydrogen (secondary N) is 2. The molecule has 0 aliphatic carbocycles. The quantitative estimate of drug-likeness (QED) is 0.301. The molecular weight excluding hydrogens is 471 g/mol. The summed E-state index contributed by atoms with van der Waals surface area (Å²) in [4.78, 5) is 20.8. The van der Waals surface area contributed by atoms with Gasteiger partial charge in [0.1, 0.15) is 11.5 Å². The van der Waals surface area contributed by atoms with E-state index in [2.05, 4.69) is 25.8 Å². The third kappa shape index (κ3) is 5.53. The van der Waals surface area contributed by atoms with Crippen LogP contribution in [0.4, 0.5) is 20.6 Å². The minimum Gasteiger partial charge on any atom is -0.332 e. The van der Waals surface area contributed by atoms with Gasteiger partial charge in [-0.2, -0.15) is 4.98 Å². The van der Waals surface area contributed by atoms with Gasteiger partial charge in [-0.3, -0.25) is 0 Å². The van der Waals surface area contributed by atoms with E-state index in [0.717, 1.165) is 5.56 Å². The van der Waals surface area contributed by atoms with Gasteiger partial charge in [-0.1, -0.05) is 41.0 Å². The normalized spacial score (nSPS) is 10.8. The highest BCUT2D eigenvalue weighted by Crippen LogP contribution is 2.22. The van der Waals surface area contributed by atoms with Crippen LogP contribution >= 0.6 is 11.6 Å². The Labute approximate surface area is 204 Å². The summed E-state index contributed by atoms with van der Waals surface area (Å²) < 4.78 is 20.6. The van der Waals surface area contributed by atoms with Gasteiger partial charge in [-0.15, -0.1) is 0 Å². The molecule has 2 N–H and O–H groups in total. The number of anilines is 2. The summed E-state index contributed by atoms with van der Waals surface area (Å²) in [6.45, 7) is 0.551. The van der Waals surface area contributed by atoms with E-state index in [1.54, 1.807) is 48.9 Å². The minimum atomic E-state index is -0.374. The fraction of sp³-hybridized carbons (Fsp3) is 0.0400. The molecule has 174 valence electrons. The Morgan fingerprint density at radius 3 is 2.43 bits per heavy atom. The minimum absolute atomic E-state index is 0.245. The van der Waals surface area contributed by atoms with E-state index in [-0.39, 0.29) is 23.6 Å². The number of urea groups is 1. The third-order valence-corrected chi connectivity index (χ3v) is 5.29. The fourth-order valence-electron chi connectivity index (χ4n) is 3.36. The Hall–Kier alpha value is -4.50. The molecule has 0 saturated carbocycles. The van der Waals surface area contributed by atoms with E-state index in [0.29, 0.717) is 34.2 Å². The number of carbonyl (C=O) groups excluding carboxylic acids is 1. The summed E-state index contributed by atoms with van der Waals surface area (Å²) in [5.41, 5.74) is 3.34. The van der Waals surface area contributed by atoms with Crippen molar-refractivity contribution >= 4 is 29.0 Å². The van der Waals surface area contributed by atoms with Crippen molar-refractivity contribution in [1.29, 1.82) is 0 Å². The van der Waals surface area contributed by atoms with Crippen LogP contribution in [-0.4, -0.2) is 25.7 Å². The highest BCUT2D eigenvalue weighted by Gasteiger charge is 2.14. The van der Waals surface area contributed by atoms with Crippen LogP contribution in [0.15, 0.2) is 89.8 Å². The highest BCUT2D eigenvalue weighted by atomic mass is 35.5. The van der Waals surface area contributed by atoms with Crippen LogP contribution in [0.5, 0.6) is 0 Å². The zero-order valence-electron chi connectivity index (χ0n) is 18.2. The second-order valence-corrected chi connectivity index (χ2v) is 8.08. The zero-order valence-corrected chi connectivity index (χ0v) is 18.9. The van der Waals surface area contributed by atoms with Crippen molar-refractivity contribution in [3.63, 3.8) is 0 Å². The molecule has 2 aromatic heterocycles. The molecule has 0 atom stereocenters. The van der Waals surface area contributed by atoms with Crippen LogP contribution in [0.25, 0.3) is 23.0 Å². The Balaban J connectivity index is 1.20. The molecule has 2 amide bonds. The number of carbonyl (C=O) groups is 1. The van der Waals surface area contributed by atoms with Gasteiger partial charge in [-0.25, -0.2) is 14.2 Å². The maximum absolute atomic E-state index is 13.5. The second-order valence-electron chi connectivity index (χ2n) is 7.65. The Bertz CT molecular complexity index is 1460. The lowest BCUT2D eigenvalue weighted by molar-refractivity contribution is 0.262. The van der Waals surface area contributed by atoms with Gasteiger partial charge < -0.3 is 19.7 Å². The molecule has 0 saturated heterocycles. The van der Waals surface area contributed by atoms with Crippen molar-refractivity contribution in [3.8, 4) is 23.0 Å². The molecular formula is C25H18ClFN6O2. The van der Waals surface area contributed by atoms with Crippen molar-refractivity contribution in [2.24, 2.45) is 0 Å². The molecule has 0 bridgehead atoms. The molecule has 5 aromatic rings. The van der Waals surface area contributed by atoms with Gasteiger partial charge in [-0.05, 0) is 54.1 Å². The van der Waals surface area contributed by atoms with E-state index in [1.807, 2.05) is 28.8 Å². The lowest BCUT2D eigenvalue weighted by Gasteiger charge is -2.09. The summed E-state index contributed by atoms with van der Waals surface area (Å²) >= 11 is 5.86. The lowest BCUT2D eigenvalue weighted by Crippen LogP contribution is -2.19. The highest BCUT2D eigenvalue weighted by molar-refractivity contribution is 6.30. The number of aromatic nitrogens is 4. The monoisotopic (exact) mass is 488 g/mol. The summed E-state index contributed by atoms with van der Waals surface area (Å²) in [5, 5.41) is 10.0. The predicted molar refractivity (Wildman–Crippen MR) is 131 cm³/mol. The topological polar surface area (TPSA) is 97.9 Å². The zero-order chi connectivity index (χ0) is 24.2. The van der Waals surface area contributed by atoms with Gasteiger partial charge in [0.15, 0.2) is 0 Å². The Morgan fingerprint density at radius 2 is 1.71 bits per heavy atom. The van der Waals surface area contributed by atoms with Gasteiger partial charge in [0.2, 0.25) is 5.82 Å². The standard InChI is InChI=1S/C25H18ClFN6O2/c26-18-6-10-21(11-7-18)30-25(34)29-20-8-4-16(5-9-20)13-33-14-22(28-15-33)24-31-23(32-35-24)17-2-1-3-19(27)12-17/h1-12,14-15H,13H2,(H2,29,30,34). The molecule has 5 rings (SSSR count). The van der Waals surface area contributed by atoms with Crippen LogP contribution in [0.3, 0.4) is 0 Å². The fourth-order valence-corrected chi connectivity index (χ4v) is 3.49. The maximum atomic E-state index is 13.5. The average molecular weight is 489 g/mol. The first kappa shape index (κ1) is 22.3. The van der Waals surface area contributed by atoms with Crippen LogP contribution in [0, 0.1) is 5.82 Å². The first-order valence-electron chi connectivity index (χ1n) is 10.6. The maximum Gasteiger partial charge on any atom is 0.323 e. The van der Waals surface area contributed by atoms with Crippen molar-refractivity contribution in [1.82, 2.24) is 19.7 Å². The smallest absolute Gasteiger partial charge is 0.323 e. The van der Waals surface area contributed by atoms with E-state index in [9.17, 15) is 9.18 Å². The van der Waals surface area contributed by atoms with Crippen molar-refractivity contribution in [3.05, 3.63) is 102 Å². The third-order valence-electron chi connectivity index (χ3n) is 5.04. The number of imidazole rings is 1. The molecule has 0 radical (unpaired) electrons. The average Bonchev–Trinajstić information content (AvgIpc) is 3.52. The van der Waals surface area contributed by atoms with Crippen LogP contribution in [-0.2, 0) is 6.54 Å². The number of hydrogen-bond acceptors (Lipinski definition) is 5. The molecule has 10 heteroatoms. The number of nitrogens with zero attached hydrogens (tertiary/aromatic N) is 4. The largest absolute Gasteiger partial charge is 0.332 e. The van der Waals surface area contributed by atoms with E-state index in [4.69, 9.17) is 16.1 Å². The molecule has 0 fully saturated rings. The molecule has 35 heavy (non-hydrogen) atoms. The van der Waals surface area contributed by atoms with E-state index < -0.39 is 0 Å². The molecule has 2 heterocycles. The van der Waals surface area contributed by atoms with Crippen LogP contribution in [0.1, 0.15) is 5.56 Å². The van der Waals surface area contributed by atoms with Gasteiger partial charge >= 0.3 is 6.03 Å². The molecule has 8 nitrogen and oxygen atoms in total. The summed E-state index contributed by atoms with van der Waals surface area (Å²) in [7, 11) is 0. The molecule has 0 unspecified atom stereocenters. The molecule has 0 aliphatic heterocycles. The van der Waals surface area contributed by atoms with Crippen molar-refractivity contribution < 1.29 is 13.7 Å². The van der Waals surface area contributed by atoms with Crippen molar-refractivity contribution in [2.45, 2.75) is 6.54 Å². The molecule has 3 aromatic carbocycles. The summed E-state index contributed by atoms with van der Waals surface area (Å²) in [5.74, 6) is 0.160. The Morgan fingerprint density at radius 1 is 1.00 bits per heavy atom. The van der Waals surface area contributed by atoms with Gasteiger partial charge in [0.25, 0.3) is 5.89 Å². The van der Waals surface area contributed by atoms with E-state index in [1.165, 1.54) is 12.1 Å². The number of amides is 2. The van der Waals surface area contributed by atoms with Crippen molar-refractivity contribution in [2.75, 3.05) is 10.6 Å². The first-order chi connectivity index (χ1) is 17.0. The number of rotatable bonds is 6. The SMILES string of the molecule is O=C(Nc1ccc(Cl)cc1)Nc1ccc(Cn2cnc(-c3nc(-c4cccc(F)c4)no3)c2)cc1. The second kappa shape index (κ2) is 9.78.